The predicted molar refractivity (Wildman–Crippen MR) is 89.0 cm³/mol. The van der Waals surface area contributed by atoms with Crippen LogP contribution in [-0.2, 0) is 14.3 Å². The van der Waals surface area contributed by atoms with E-state index >= 15 is 0 Å². The SMILES string of the molecule is CCC(C)OCC12CCC(COCCCC(C)=O)(CC1)CC2. The molecule has 3 heteroatoms. The van der Waals surface area contributed by atoms with Crippen LogP contribution in [0.4, 0.5) is 0 Å². The normalized spacial score (nSPS) is 32.1. The third-order valence-corrected chi connectivity index (χ3v) is 6.03. The lowest BCUT2D eigenvalue weighted by Gasteiger charge is -2.53. The second kappa shape index (κ2) is 7.92. The van der Waals surface area contributed by atoms with Gasteiger partial charge >= 0.3 is 0 Å². The summed E-state index contributed by atoms with van der Waals surface area (Å²) in [7, 11) is 0. The van der Waals surface area contributed by atoms with Crippen LogP contribution in [0, 0.1) is 10.8 Å². The summed E-state index contributed by atoms with van der Waals surface area (Å²) in [6.45, 7) is 8.62. The molecule has 3 aliphatic carbocycles. The van der Waals surface area contributed by atoms with Crippen LogP contribution < -0.4 is 0 Å². The Morgan fingerprint density at radius 3 is 2.09 bits per heavy atom. The van der Waals surface area contributed by atoms with Crippen molar-refractivity contribution in [1.82, 2.24) is 0 Å². The Kier molecular flexibility index (Phi) is 6.46. The average molecular weight is 310 g/mol. The summed E-state index contributed by atoms with van der Waals surface area (Å²) in [6, 6.07) is 0. The summed E-state index contributed by atoms with van der Waals surface area (Å²) >= 11 is 0. The number of fused-ring (bicyclic) bond motifs is 3. The first-order chi connectivity index (χ1) is 10.5. The molecule has 3 aliphatic rings. The Morgan fingerprint density at radius 2 is 1.59 bits per heavy atom. The highest BCUT2D eigenvalue weighted by Gasteiger charge is 2.48. The zero-order valence-corrected chi connectivity index (χ0v) is 14.8. The minimum absolute atomic E-state index is 0.267. The fourth-order valence-corrected chi connectivity index (χ4v) is 3.92. The number of rotatable bonds is 10. The molecule has 3 rings (SSSR count). The smallest absolute Gasteiger partial charge is 0.129 e. The Morgan fingerprint density at radius 1 is 1.05 bits per heavy atom. The molecule has 0 amide bonds. The van der Waals surface area contributed by atoms with E-state index < -0.39 is 0 Å². The van der Waals surface area contributed by atoms with Gasteiger partial charge in [-0.15, -0.1) is 0 Å². The molecule has 3 nitrogen and oxygen atoms in total. The molecule has 0 N–H and O–H groups in total. The molecule has 0 saturated heterocycles. The minimum atomic E-state index is 0.267. The Bertz CT molecular complexity index is 339. The van der Waals surface area contributed by atoms with Crippen molar-refractivity contribution >= 4 is 5.78 Å². The third kappa shape index (κ3) is 4.79. The van der Waals surface area contributed by atoms with E-state index in [1.807, 2.05) is 0 Å². The standard InChI is InChI=1S/C19H34O3/c1-4-17(3)22-15-19-10-7-18(8-11-19,9-12-19)14-21-13-5-6-16(2)20/h17H,4-15H2,1-3H3. The fraction of sp³-hybridized carbons (Fsp3) is 0.947. The van der Waals surface area contributed by atoms with Gasteiger partial charge in [0.25, 0.3) is 0 Å². The van der Waals surface area contributed by atoms with Gasteiger partial charge in [-0.3, -0.25) is 0 Å². The van der Waals surface area contributed by atoms with Gasteiger partial charge in [0.2, 0.25) is 0 Å². The van der Waals surface area contributed by atoms with Crippen molar-refractivity contribution in [3.8, 4) is 0 Å². The second-order valence-electron chi connectivity index (χ2n) is 7.89. The molecule has 0 aromatic carbocycles. The highest BCUT2D eigenvalue weighted by Crippen LogP contribution is 2.57. The highest BCUT2D eigenvalue weighted by molar-refractivity contribution is 5.75. The van der Waals surface area contributed by atoms with Crippen molar-refractivity contribution in [2.75, 3.05) is 19.8 Å². The van der Waals surface area contributed by atoms with E-state index in [1.165, 1.54) is 38.5 Å². The molecule has 3 saturated carbocycles. The quantitative estimate of drug-likeness (QED) is 0.556. The van der Waals surface area contributed by atoms with Crippen molar-refractivity contribution in [1.29, 1.82) is 0 Å². The number of hydrogen-bond acceptors (Lipinski definition) is 3. The van der Waals surface area contributed by atoms with E-state index in [0.717, 1.165) is 32.7 Å². The van der Waals surface area contributed by atoms with E-state index in [4.69, 9.17) is 9.47 Å². The monoisotopic (exact) mass is 310 g/mol. The molecule has 0 heterocycles. The number of carbonyl (C=O) groups is 1. The molecule has 0 aromatic rings. The number of ketones is 1. The molecule has 1 atom stereocenters. The van der Waals surface area contributed by atoms with Gasteiger partial charge in [0.05, 0.1) is 19.3 Å². The Hall–Kier alpha value is -0.410. The van der Waals surface area contributed by atoms with Crippen LogP contribution >= 0.6 is 0 Å². The maximum atomic E-state index is 10.9. The minimum Gasteiger partial charge on any atom is -0.381 e. The first kappa shape index (κ1) is 17.9. The molecule has 22 heavy (non-hydrogen) atoms. The van der Waals surface area contributed by atoms with Gasteiger partial charge < -0.3 is 14.3 Å². The summed E-state index contributed by atoms with van der Waals surface area (Å²) in [6.07, 6.45) is 10.8. The number of Topliss-reactive ketones (excluding diaryl/α,β-unsaturated/α-hetero) is 1. The molecule has 128 valence electrons. The van der Waals surface area contributed by atoms with Crippen molar-refractivity contribution in [2.24, 2.45) is 10.8 Å². The van der Waals surface area contributed by atoms with E-state index in [1.54, 1.807) is 6.92 Å². The summed E-state index contributed by atoms with van der Waals surface area (Å²) in [5.41, 5.74) is 0.883. The molecule has 0 radical (unpaired) electrons. The lowest BCUT2D eigenvalue weighted by molar-refractivity contribution is -0.118. The topological polar surface area (TPSA) is 35.5 Å². The number of ether oxygens (including phenoxy) is 2. The van der Waals surface area contributed by atoms with Crippen LogP contribution in [0.2, 0.25) is 0 Å². The lowest BCUT2D eigenvalue weighted by Crippen LogP contribution is -2.46. The number of hydrogen-bond donors (Lipinski definition) is 0. The first-order valence-electron chi connectivity index (χ1n) is 9.18. The molecule has 0 aromatic heterocycles. The summed E-state index contributed by atoms with van der Waals surface area (Å²) < 4.78 is 12.0. The molecule has 1 unspecified atom stereocenters. The Labute approximate surface area is 136 Å². The van der Waals surface area contributed by atoms with Crippen molar-refractivity contribution < 1.29 is 14.3 Å². The summed E-state index contributed by atoms with van der Waals surface area (Å²) in [5.74, 6) is 0.267. The van der Waals surface area contributed by atoms with E-state index in [9.17, 15) is 4.79 Å². The van der Waals surface area contributed by atoms with Gasteiger partial charge in [-0.2, -0.15) is 0 Å². The third-order valence-electron chi connectivity index (χ3n) is 6.03. The largest absolute Gasteiger partial charge is 0.381 e. The van der Waals surface area contributed by atoms with Gasteiger partial charge in [0.15, 0.2) is 0 Å². The van der Waals surface area contributed by atoms with Gasteiger partial charge in [0, 0.05) is 13.0 Å². The molecular formula is C19H34O3. The van der Waals surface area contributed by atoms with Crippen LogP contribution in [0.1, 0.15) is 78.6 Å². The van der Waals surface area contributed by atoms with Crippen LogP contribution in [0.25, 0.3) is 0 Å². The van der Waals surface area contributed by atoms with Gasteiger partial charge in [-0.05, 0) is 76.0 Å². The summed E-state index contributed by atoms with van der Waals surface area (Å²) in [4.78, 5) is 10.9. The first-order valence-corrected chi connectivity index (χ1v) is 9.18. The zero-order valence-electron chi connectivity index (χ0n) is 14.8. The van der Waals surface area contributed by atoms with Crippen LogP contribution in [0.15, 0.2) is 0 Å². The Balaban J connectivity index is 1.69. The zero-order chi connectivity index (χ0) is 16.1. The van der Waals surface area contributed by atoms with Crippen LogP contribution in [0.3, 0.4) is 0 Å². The maximum absolute atomic E-state index is 10.9. The lowest BCUT2D eigenvalue weighted by atomic mass is 9.54. The molecule has 2 bridgehead atoms. The highest BCUT2D eigenvalue weighted by atomic mass is 16.5. The van der Waals surface area contributed by atoms with E-state index in [2.05, 4.69) is 13.8 Å². The van der Waals surface area contributed by atoms with Gasteiger partial charge in [0.1, 0.15) is 5.78 Å². The molecule has 0 aliphatic heterocycles. The van der Waals surface area contributed by atoms with Crippen molar-refractivity contribution in [2.45, 2.75) is 84.7 Å². The van der Waals surface area contributed by atoms with Crippen molar-refractivity contribution in [3.05, 3.63) is 0 Å². The molecular weight excluding hydrogens is 276 g/mol. The van der Waals surface area contributed by atoms with E-state index in [-0.39, 0.29) is 5.78 Å². The van der Waals surface area contributed by atoms with Crippen molar-refractivity contribution in [3.63, 3.8) is 0 Å². The van der Waals surface area contributed by atoms with Gasteiger partial charge in [-0.1, -0.05) is 6.92 Å². The fourth-order valence-electron chi connectivity index (χ4n) is 3.92. The number of carbonyl (C=O) groups excluding carboxylic acids is 1. The van der Waals surface area contributed by atoms with E-state index in [0.29, 0.717) is 23.4 Å². The van der Waals surface area contributed by atoms with Crippen LogP contribution in [-0.4, -0.2) is 31.7 Å². The molecule has 3 fully saturated rings. The second-order valence-corrected chi connectivity index (χ2v) is 7.89. The maximum Gasteiger partial charge on any atom is 0.129 e. The predicted octanol–water partition coefficient (Wildman–Crippen LogP) is 4.53. The van der Waals surface area contributed by atoms with Crippen LogP contribution in [0.5, 0.6) is 0 Å². The molecule has 0 spiro atoms. The summed E-state index contributed by atoms with van der Waals surface area (Å²) in [5, 5.41) is 0. The van der Waals surface area contributed by atoms with Gasteiger partial charge in [-0.25, -0.2) is 0 Å². The average Bonchev–Trinajstić information content (AvgIpc) is 2.54.